The molecule has 6 rings (SSSR count). The Hall–Kier alpha value is -4.01. The highest BCUT2D eigenvalue weighted by Crippen LogP contribution is 2.30. The van der Waals surface area contributed by atoms with Crippen LogP contribution in [0.15, 0.2) is 105 Å². The highest BCUT2D eigenvalue weighted by atomic mass is 32.2. The van der Waals surface area contributed by atoms with E-state index in [0.29, 0.717) is 35.1 Å². The van der Waals surface area contributed by atoms with Gasteiger partial charge in [-0.05, 0) is 61.4 Å². The van der Waals surface area contributed by atoms with Gasteiger partial charge in [0.25, 0.3) is 0 Å². The molecule has 5 aromatic rings. The summed E-state index contributed by atoms with van der Waals surface area (Å²) in [5.74, 6) is 0.652. The second kappa shape index (κ2) is 9.22. The van der Waals surface area contributed by atoms with Crippen molar-refractivity contribution >= 4 is 32.9 Å². The van der Waals surface area contributed by atoms with Crippen molar-refractivity contribution in [2.45, 2.75) is 17.7 Å². The lowest BCUT2D eigenvalue weighted by Gasteiger charge is -2.15. The Labute approximate surface area is 209 Å². The third kappa shape index (κ3) is 4.25. The number of nitrogens with zero attached hydrogens (tertiary/aromatic N) is 4. The summed E-state index contributed by atoms with van der Waals surface area (Å²) in [7, 11) is -3.45. The van der Waals surface area contributed by atoms with E-state index in [9.17, 15) is 8.42 Å². The van der Waals surface area contributed by atoms with E-state index in [2.05, 4.69) is 4.99 Å². The predicted octanol–water partition coefficient (Wildman–Crippen LogP) is 5.82. The number of aromatic nitrogens is 2. The molecule has 7 nitrogen and oxygen atoms in total. The summed E-state index contributed by atoms with van der Waals surface area (Å²) in [5.41, 5.74) is 3.82. The molecule has 0 spiro atoms. The van der Waals surface area contributed by atoms with Crippen molar-refractivity contribution in [3.05, 3.63) is 96.7 Å². The molecular weight excluding hydrogens is 472 g/mol. The Bertz CT molecular complexity index is 1610. The van der Waals surface area contributed by atoms with Crippen LogP contribution in [0.1, 0.15) is 18.4 Å². The number of benzene rings is 3. The first-order valence-electron chi connectivity index (χ1n) is 11.9. The van der Waals surface area contributed by atoms with Crippen LogP contribution in [0.25, 0.3) is 28.1 Å². The van der Waals surface area contributed by atoms with Crippen LogP contribution in [0.2, 0.25) is 0 Å². The summed E-state index contributed by atoms with van der Waals surface area (Å²) in [6.07, 6.45) is 5.46. The van der Waals surface area contributed by atoms with Crippen molar-refractivity contribution in [2.24, 2.45) is 4.99 Å². The van der Waals surface area contributed by atoms with Crippen LogP contribution < -0.4 is 0 Å². The Morgan fingerprint density at radius 3 is 2.36 bits per heavy atom. The van der Waals surface area contributed by atoms with Crippen LogP contribution in [-0.4, -0.2) is 41.8 Å². The smallest absolute Gasteiger partial charge is 0.243 e. The fourth-order valence-electron chi connectivity index (χ4n) is 4.41. The van der Waals surface area contributed by atoms with E-state index in [1.54, 1.807) is 39.5 Å². The van der Waals surface area contributed by atoms with E-state index in [1.807, 2.05) is 66.9 Å². The van der Waals surface area contributed by atoms with Crippen molar-refractivity contribution in [1.82, 2.24) is 14.1 Å². The fourth-order valence-corrected chi connectivity index (χ4v) is 5.93. The first-order chi connectivity index (χ1) is 17.6. The van der Waals surface area contributed by atoms with E-state index in [1.165, 1.54) is 0 Å². The van der Waals surface area contributed by atoms with Crippen LogP contribution in [-0.2, 0) is 10.0 Å². The Kier molecular flexibility index (Phi) is 5.75. The number of rotatable bonds is 6. The molecule has 1 saturated heterocycles. The summed E-state index contributed by atoms with van der Waals surface area (Å²) in [5, 5.41) is 5.80. The maximum absolute atomic E-state index is 12.8. The lowest BCUT2D eigenvalue weighted by atomic mass is 10.2. The third-order valence-electron chi connectivity index (χ3n) is 6.31. The van der Waals surface area contributed by atoms with Gasteiger partial charge in [-0.25, -0.2) is 13.1 Å². The number of sulfonamides is 1. The Balaban J connectivity index is 1.34. The van der Waals surface area contributed by atoms with Crippen LogP contribution >= 0.6 is 0 Å². The minimum absolute atomic E-state index is 0.295. The zero-order valence-corrected chi connectivity index (χ0v) is 20.3. The van der Waals surface area contributed by atoms with Gasteiger partial charge in [-0.2, -0.15) is 9.40 Å². The lowest BCUT2D eigenvalue weighted by molar-refractivity contribution is 0.477. The minimum atomic E-state index is -3.45. The molecule has 36 heavy (non-hydrogen) atoms. The minimum Gasteiger partial charge on any atom is -0.454 e. The number of aliphatic imine (C=N–C) groups is 1. The van der Waals surface area contributed by atoms with Crippen molar-refractivity contribution in [1.29, 1.82) is 0 Å². The molecule has 0 N–H and O–H groups in total. The summed E-state index contributed by atoms with van der Waals surface area (Å²) < 4.78 is 35.0. The molecule has 8 heteroatoms. The second-order valence-electron chi connectivity index (χ2n) is 8.72. The molecule has 0 saturated carbocycles. The molecular formula is C28H24N4O3S. The molecule has 3 aromatic carbocycles. The first kappa shape index (κ1) is 22.5. The van der Waals surface area contributed by atoms with Gasteiger partial charge in [-0.15, -0.1) is 0 Å². The van der Waals surface area contributed by atoms with Crippen molar-refractivity contribution in [2.75, 3.05) is 13.1 Å². The molecule has 0 radical (unpaired) electrons. The van der Waals surface area contributed by atoms with E-state index in [4.69, 9.17) is 9.52 Å². The molecule has 0 unspecified atom stereocenters. The zero-order valence-electron chi connectivity index (χ0n) is 19.5. The summed E-state index contributed by atoms with van der Waals surface area (Å²) in [4.78, 5) is 4.91. The standard InChI is InChI=1S/C28H24N4O3S/c33-36(34,31-16-6-7-17-31)25-14-12-23(13-15-25)29-19-22-20-32(24-9-2-1-3-10-24)30-28(22)27-18-21-8-4-5-11-26(21)35-27/h1-5,8-15,18-20H,6-7,16-17H2. The normalized spacial score (nSPS) is 14.8. The second-order valence-corrected chi connectivity index (χ2v) is 10.7. The van der Waals surface area contributed by atoms with Crippen LogP contribution in [0.5, 0.6) is 0 Å². The molecule has 0 bridgehead atoms. The molecule has 3 heterocycles. The SMILES string of the molecule is O=S(=O)(c1ccc(N=Cc2cn(-c3ccccc3)nc2-c2cc3ccccc3o2)cc1)N1CCCC1. The fraction of sp³-hybridized carbons (Fsp3) is 0.143. The van der Waals surface area contributed by atoms with Gasteiger partial charge in [0.1, 0.15) is 11.3 Å². The quantitative estimate of drug-likeness (QED) is 0.277. The van der Waals surface area contributed by atoms with Crippen molar-refractivity contribution < 1.29 is 12.8 Å². The zero-order chi connectivity index (χ0) is 24.5. The number of furan rings is 1. The van der Waals surface area contributed by atoms with Gasteiger partial charge in [0, 0.05) is 36.5 Å². The van der Waals surface area contributed by atoms with E-state index in [-0.39, 0.29) is 0 Å². The number of hydrogen-bond donors (Lipinski definition) is 0. The van der Waals surface area contributed by atoms with E-state index in [0.717, 1.165) is 35.1 Å². The highest BCUT2D eigenvalue weighted by Gasteiger charge is 2.26. The van der Waals surface area contributed by atoms with Gasteiger partial charge >= 0.3 is 0 Å². The van der Waals surface area contributed by atoms with Crippen LogP contribution in [0.4, 0.5) is 5.69 Å². The van der Waals surface area contributed by atoms with Gasteiger partial charge in [-0.1, -0.05) is 36.4 Å². The van der Waals surface area contributed by atoms with Gasteiger partial charge in [-0.3, -0.25) is 4.99 Å². The number of fused-ring (bicyclic) bond motifs is 1. The van der Waals surface area contributed by atoms with Gasteiger partial charge in [0.05, 0.1) is 16.3 Å². The molecule has 1 aliphatic heterocycles. The van der Waals surface area contributed by atoms with E-state index < -0.39 is 10.0 Å². The predicted molar refractivity (Wildman–Crippen MR) is 140 cm³/mol. The molecule has 2 aromatic heterocycles. The summed E-state index contributed by atoms with van der Waals surface area (Å²) >= 11 is 0. The Morgan fingerprint density at radius 2 is 1.61 bits per heavy atom. The molecule has 1 aliphatic rings. The molecule has 1 fully saturated rings. The molecule has 180 valence electrons. The van der Waals surface area contributed by atoms with Gasteiger partial charge < -0.3 is 4.42 Å². The molecule has 0 aliphatic carbocycles. The first-order valence-corrected chi connectivity index (χ1v) is 13.3. The van der Waals surface area contributed by atoms with Gasteiger partial charge in [0.15, 0.2) is 5.76 Å². The van der Waals surface area contributed by atoms with Crippen LogP contribution in [0, 0.1) is 0 Å². The molecule has 0 amide bonds. The largest absolute Gasteiger partial charge is 0.454 e. The lowest BCUT2D eigenvalue weighted by Crippen LogP contribution is -2.27. The topological polar surface area (TPSA) is 80.7 Å². The highest BCUT2D eigenvalue weighted by molar-refractivity contribution is 7.89. The van der Waals surface area contributed by atoms with Crippen LogP contribution in [0.3, 0.4) is 0 Å². The number of hydrogen-bond acceptors (Lipinski definition) is 5. The van der Waals surface area contributed by atoms with Gasteiger partial charge in [0.2, 0.25) is 10.0 Å². The van der Waals surface area contributed by atoms with Crippen molar-refractivity contribution in [3.8, 4) is 17.1 Å². The summed E-state index contributed by atoms with van der Waals surface area (Å²) in [6.45, 7) is 1.16. The maximum Gasteiger partial charge on any atom is 0.243 e. The van der Waals surface area contributed by atoms with E-state index >= 15 is 0 Å². The maximum atomic E-state index is 12.8. The number of para-hydroxylation sites is 2. The third-order valence-corrected chi connectivity index (χ3v) is 8.23. The molecule has 0 atom stereocenters. The monoisotopic (exact) mass is 496 g/mol. The average Bonchev–Trinajstić information content (AvgIpc) is 3.68. The average molecular weight is 497 g/mol. The van der Waals surface area contributed by atoms with Crippen molar-refractivity contribution in [3.63, 3.8) is 0 Å². The summed E-state index contributed by atoms with van der Waals surface area (Å²) in [6, 6.07) is 26.4. The Morgan fingerprint density at radius 1 is 0.889 bits per heavy atom.